The molecule has 114 valence electrons. The minimum absolute atomic E-state index is 0.0324. The normalized spacial score (nSPS) is 10.0. The first-order valence-corrected chi connectivity index (χ1v) is 6.33. The molecule has 0 aliphatic rings. The Bertz CT molecular complexity index is 571. The summed E-state index contributed by atoms with van der Waals surface area (Å²) < 4.78 is 0. The van der Waals surface area contributed by atoms with Crippen molar-refractivity contribution in [1.82, 2.24) is 5.32 Å². The van der Waals surface area contributed by atoms with E-state index in [2.05, 4.69) is 10.6 Å². The highest BCUT2D eigenvalue weighted by molar-refractivity contribution is 5.90. The van der Waals surface area contributed by atoms with Crippen molar-refractivity contribution < 1.29 is 19.6 Å². The maximum Gasteiger partial charge on any atom is 0.319 e. The van der Waals surface area contributed by atoms with E-state index in [1.54, 1.807) is 19.9 Å². The molecule has 8 nitrogen and oxygen atoms in total. The summed E-state index contributed by atoms with van der Waals surface area (Å²) in [6, 6.07) is 2.40. The van der Waals surface area contributed by atoms with Crippen molar-refractivity contribution in [2.45, 2.75) is 26.7 Å². The van der Waals surface area contributed by atoms with Gasteiger partial charge in [0.1, 0.15) is 0 Å². The molecule has 0 unspecified atom stereocenters. The van der Waals surface area contributed by atoms with E-state index in [0.717, 1.165) is 0 Å². The number of aliphatic carboxylic acids is 1. The Morgan fingerprint density at radius 3 is 2.52 bits per heavy atom. The van der Waals surface area contributed by atoms with Crippen LogP contribution >= 0.6 is 0 Å². The SMILES string of the molecule is Cc1cc(C)c([N+](=O)[O-])cc1NC(=O)NCCCC(=O)O. The highest BCUT2D eigenvalue weighted by atomic mass is 16.6. The number of rotatable bonds is 6. The van der Waals surface area contributed by atoms with E-state index in [9.17, 15) is 19.7 Å². The Morgan fingerprint density at radius 1 is 1.29 bits per heavy atom. The molecule has 3 N–H and O–H groups in total. The number of nitrogens with one attached hydrogen (secondary N) is 2. The van der Waals surface area contributed by atoms with Gasteiger partial charge >= 0.3 is 12.0 Å². The summed E-state index contributed by atoms with van der Waals surface area (Å²) in [6.45, 7) is 3.57. The second kappa shape index (κ2) is 7.22. The molecule has 8 heteroatoms. The van der Waals surface area contributed by atoms with Crippen LogP contribution in [0.4, 0.5) is 16.2 Å². The van der Waals surface area contributed by atoms with E-state index >= 15 is 0 Å². The number of anilines is 1. The Hall–Kier alpha value is -2.64. The van der Waals surface area contributed by atoms with Crippen molar-refractivity contribution in [2.24, 2.45) is 0 Å². The van der Waals surface area contributed by atoms with Crippen LogP contribution in [0.5, 0.6) is 0 Å². The third-order valence-electron chi connectivity index (χ3n) is 2.84. The summed E-state index contributed by atoms with van der Waals surface area (Å²) in [5.74, 6) is -0.929. The second-order valence-electron chi connectivity index (χ2n) is 4.59. The van der Waals surface area contributed by atoms with Gasteiger partial charge in [-0.3, -0.25) is 14.9 Å². The van der Waals surface area contributed by atoms with Gasteiger partial charge < -0.3 is 15.7 Å². The van der Waals surface area contributed by atoms with Gasteiger partial charge in [0.05, 0.1) is 10.6 Å². The lowest BCUT2D eigenvalue weighted by Crippen LogP contribution is -2.30. The summed E-state index contributed by atoms with van der Waals surface area (Å²) in [6.07, 6.45) is 0.283. The van der Waals surface area contributed by atoms with Crippen LogP contribution in [0.25, 0.3) is 0 Å². The molecule has 0 atom stereocenters. The van der Waals surface area contributed by atoms with Gasteiger partial charge in [0.15, 0.2) is 0 Å². The number of carbonyl (C=O) groups is 2. The monoisotopic (exact) mass is 295 g/mol. The van der Waals surface area contributed by atoms with Gasteiger partial charge in [0, 0.05) is 24.6 Å². The van der Waals surface area contributed by atoms with Gasteiger partial charge in [-0.1, -0.05) is 0 Å². The highest BCUT2D eigenvalue weighted by Gasteiger charge is 2.14. The van der Waals surface area contributed by atoms with E-state index in [4.69, 9.17) is 5.11 Å². The molecule has 0 spiro atoms. The Morgan fingerprint density at radius 2 is 1.95 bits per heavy atom. The quantitative estimate of drug-likeness (QED) is 0.422. The highest BCUT2D eigenvalue weighted by Crippen LogP contribution is 2.26. The predicted molar refractivity (Wildman–Crippen MR) is 76.5 cm³/mol. The zero-order valence-corrected chi connectivity index (χ0v) is 11.8. The van der Waals surface area contributed by atoms with E-state index in [0.29, 0.717) is 23.2 Å². The van der Waals surface area contributed by atoms with Crippen molar-refractivity contribution in [2.75, 3.05) is 11.9 Å². The Kier molecular flexibility index (Phi) is 5.65. The predicted octanol–water partition coefficient (Wildman–Crippen LogP) is 2.20. The van der Waals surface area contributed by atoms with Gasteiger partial charge in [0.25, 0.3) is 5.69 Å². The number of nitro benzene ring substituents is 1. The molecule has 21 heavy (non-hydrogen) atoms. The molecule has 0 heterocycles. The van der Waals surface area contributed by atoms with E-state index in [-0.39, 0.29) is 18.7 Å². The number of nitrogens with zero attached hydrogens (tertiary/aromatic N) is 1. The van der Waals surface area contributed by atoms with Gasteiger partial charge in [-0.25, -0.2) is 4.79 Å². The molecular formula is C13H17N3O5. The molecule has 0 radical (unpaired) electrons. The first-order valence-electron chi connectivity index (χ1n) is 6.33. The van der Waals surface area contributed by atoms with Crippen LogP contribution in [0.1, 0.15) is 24.0 Å². The standard InChI is InChI=1S/C13H17N3O5/c1-8-6-9(2)11(16(20)21)7-10(8)15-13(19)14-5-3-4-12(17)18/h6-7H,3-5H2,1-2H3,(H,17,18)(H2,14,15,19). The number of carbonyl (C=O) groups excluding carboxylic acids is 1. The molecule has 1 aromatic rings. The molecule has 1 aromatic carbocycles. The number of hydrogen-bond donors (Lipinski definition) is 3. The summed E-state index contributed by atoms with van der Waals surface area (Å²) >= 11 is 0. The fourth-order valence-corrected chi connectivity index (χ4v) is 1.78. The van der Waals surface area contributed by atoms with Crippen LogP contribution in [0, 0.1) is 24.0 Å². The number of benzene rings is 1. The number of urea groups is 1. The molecule has 0 aliphatic heterocycles. The number of nitro groups is 1. The van der Waals surface area contributed by atoms with E-state index in [1.165, 1.54) is 6.07 Å². The molecule has 0 aromatic heterocycles. The fourth-order valence-electron chi connectivity index (χ4n) is 1.78. The summed E-state index contributed by atoms with van der Waals surface area (Å²) in [4.78, 5) is 32.3. The Labute approximate surface area is 121 Å². The first kappa shape index (κ1) is 16.4. The third kappa shape index (κ3) is 5.09. The Balaban J connectivity index is 2.65. The lowest BCUT2D eigenvalue weighted by Gasteiger charge is -2.10. The average Bonchev–Trinajstić information content (AvgIpc) is 2.37. The lowest BCUT2D eigenvalue weighted by atomic mass is 10.1. The van der Waals surface area contributed by atoms with Crippen LogP contribution in [0.15, 0.2) is 12.1 Å². The van der Waals surface area contributed by atoms with E-state index in [1.807, 2.05) is 0 Å². The van der Waals surface area contributed by atoms with Crippen molar-refractivity contribution in [3.05, 3.63) is 33.4 Å². The molecule has 1 rings (SSSR count). The number of aryl methyl sites for hydroxylation is 2. The molecule has 0 saturated carbocycles. The van der Waals surface area contributed by atoms with Crippen molar-refractivity contribution in [3.8, 4) is 0 Å². The summed E-state index contributed by atoms with van der Waals surface area (Å²) in [5, 5.41) is 24.3. The average molecular weight is 295 g/mol. The van der Waals surface area contributed by atoms with Crippen LogP contribution in [0.2, 0.25) is 0 Å². The van der Waals surface area contributed by atoms with Gasteiger partial charge in [-0.2, -0.15) is 0 Å². The molecule has 0 saturated heterocycles. The first-order chi connectivity index (χ1) is 9.81. The molecule has 0 fully saturated rings. The minimum Gasteiger partial charge on any atom is -0.481 e. The minimum atomic E-state index is -0.929. The van der Waals surface area contributed by atoms with Crippen LogP contribution in [-0.4, -0.2) is 28.6 Å². The van der Waals surface area contributed by atoms with Gasteiger partial charge in [0.2, 0.25) is 0 Å². The number of carboxylic acid groups (broad SMARTS) is 1. The fraction of sp³-hybridized carbons (Fsp3) is 0.385. The largest absolute Gasteiger partial charge is 0.481 e. The molecular weight excluding hydrogens is 278 g/mol. The van der Waals surface area contributed by atoms with E-state index < -0.39 is 16.9 Å². The van der Waals surface area contributed by atoms with Gasteiger partial charge in [-0.05, 0) is 31.9 Å². The zero-order valence-electron chi connectivity index (χ0n) is 11.8. The van der Waals surface area contributed by atoms with Crippen molar-refractivity contribution in [3.63, 3.8) is 0 Å². The number of amides is 2. The summed E-state index contributed by atoms with van der Waals surface area (Å²) in [7, 11) is 0. The zero-order chi connectivity index (χ0) is 16.0. The topological polar surface area (TPSA) is 122 Å². The van der Waals surface area contributed by atoms with Crippen molar-refractivity contribution in [1.29, 1.82) is 0 Å². The molecule has 2 amide bonds. The van der Waals surface area contributed by atoms with Crippen molar-refractivity contribution >= 4 is 23.4 Å². The maximum absolute atomic E-state index is 11.6. The molecule has 0 aliphatic carbocycles. The van der Waals surface area contributed by atoms with Gasteiger partial charge in [-0.15, -0.1) is 0 Å². The number of carboxylic acids is 1. The van der Waals surface area contributed by atoms with Crippen LogP contribution in [0.3, 0.4) is 0 Å². The lowest BCUT2D eigenvalue weighted by molar-refractivity contribution is -0.385. The smallest absolute Gasteiger partial charge is 0.319 e. The van der Waals surface area contributed by atoms with Crippen LogP contribution < -0.4 is 10.6 Å². The maximum atomic E-state index is 11.6. The van der Waals surface area contributed by atoms with Crippen LogP contribution in [-0.2, 0) is 4.79 Å². The molecule has 0 bridgehead atoms. The second-order valence-corrected chi connectivity index (χ2v) is 4.59. The third-order valence-corrected chi connectivity index (χ3v) is 2.84. The number of hydrogen-bond acceptors (Lipinski definition) is 4. The summed E-state index contributed by atoms with van der Waals surface area (Å²) in [5.41, 5.74) is 1.51.